The molecule has 4 heteroatoms. The van der Waals surface area contributed by atoms with Crippen LogP contribution in [0.5, 0.6) is 5.75 Å². The maximum atomic E-state index is 11.1. The van der Waals surface area contributed by atoms with Crippen molar-refractivity contribution in [1.29, 1.82) is 0 Å². The fourth-order valence-corrected chi connectivity index (χ4v) is 3.62. The summed E-state index contributed by atoms with van der Waals surface area (Å²) in [5.41, 5.74) is 1.02. The molecule has 0 unspecified atom stereocenters. The molecule has 0 atom stereocenters. The van der Waals surface area contributed by atoms with Gasteiger partial charge in [0, 0.05) is 17.6 Å². The molecule has 1 heterocycles. The van der Waals surface area contributed by atoms with Crippen LogP contribution in [0.25, 0.3) is 10.9 Å². The van der Waals surface area contributed by atoms with E-state index >= 15 is 0 Å². The summed E-state index contributed by atoms with van der Waals surface area (Å²) in [7, 11) is 0. The second-order valence-electron chi connectivity index (χ2n) is 7.62. The first-order valence-electron chi connectivity index (χ1n) is 9.48. The number of ether oxygens (including phenoxy) is 1. The smallest absolute Gasteiger partial charge is 0.152 e. The van der Waals surface area contributed by atoms with Gasteiger partial charge in [0.2, 0.25) is 0 Å². The fraction of sp³-hybridized carbons (Fsp3) is 0.524. The Kier molecular flexibility index (Phi) is 4.60. The number of benzene rings is 1. The highest BCUT2D eigenvalue weighted by Crippen LogP contribution is 2.34. The van der Waals surface area contributed by atoms with Gasteiger partial charge in [-0.2, -0.15) is 5.10 Å². The number of carbonyl (C=O) groups is 1. The van der Waals surface area contributed by atoms with Crippen LogP contribution in [0.3, 0.4) is 0 Å². The number of ketones is 1. The van der Waals surface area contributed by atoms with Gasteiger partial charge in [-0.15, -0.1) is 0 Å². The van der Waals surface area contributed by atoms with Crippen LogP contribution in [0.15, 0.2) is 36.5 Å². The average Bonchev–Trinajstić information content (AvgIpc) is 3.35. The Morgan fingerprint density at radius 2 is 2.04 bits per heavy atom. The molecule has 4 rings (SSSR count). The summed E-state index contributed by atoms with van der Waals surface area (Å²) in [5.74, 6) is 2.37. The third kappa shape index (κ3) is 4.12. The number of hydrogen-bond acceptors (Lipinski definition) is 3. The zero-order chi connectivity index (χ0) is 17.2. The van der Waals surface area contributed by atoms with Crippen molar-refractivity contribution in [2.45, 2.75) is 51.5 Å². The summed E-state index contributed by atoms with van der Waals surface area (Å²) < 4.78 is 8.01. The highest BCUT2D eigenvalue weighted by Gasteiger charge is 2.23. The lowest BCUT2D eigenvalue weighted by atomic mass is 9.86. The van der Waals surface area contributed by atoms with Gasteiger partial charge in [-0.05, 0) is 75.5 Å². The van der Waals surface area contributed by atoms with Crippen LogP contribution in [0.4, 0.5) is 0 Å². The van der Waals surface area contributed by atoms with Gasteiger partial charge in [0.05, 0.1) is 18.2 Å². The summed E-state index contributed by atoms with van der Waals surface area (Å²) in [6.45, 7) is 2.45. The molecule has 2 aromatic rings. The normalized spacial score (nSPS) is 24.0. The van der Waals surface area contributed by atoms with Crippen LogP contribution in [-0.2, 0) is 4.79 Å². The van der Waals surface area contributed by atoms with Crippen molar-refractivity contribution in [3.05, 3.63) is 36.5 Å². The van der Waals surface area contributed by atoms with E-state index in [1.54, 1.807) is 13.0 Å². The SMILES string of the molecule is CC(=O)C=CC1CCC(n2cc3ccc(OCC4CC4)cc3n2)CC1. The molecule has 2 aliphatic carbocycles. The summed E-state index contributed by atoms with van der Waals surface area (Å²) >= 11 is 0. The first-order chi connectivity index (χ1) is 12.2. The Balaban J connectivity index is 1.40. The Morgan fingerprint density at radius 3 is 2.76 bits per heavy atom. The van der Waals surface area contributed by atoms with E-state index in [1.165, 1.54) is 18.2 Å². The molecule has 25 heavy (non-hydrogen) atoms. The quantitative estimate of drug-likeness (QED) is 0.717. The van der Waals surface area contributed by atoms with Crippen LogP contribution < -0.4 is 4.74 Å². The lowest BCUT2D eigenvalue weighted by Gasteiger charge is -2.26. The fourth-order valence-electron chi connectivity index (χ4n) is 3.62. The second-order valence-corrected chi connectivity index (χ2v) is 7.62. The van der Waals surface area contributed by atoms with Gasteiger partial charge in [0.25, 0.3) is 0 Å². The molecule has 1 aromatic heterocycles. The van der Waals surface area contributed by atoms with Gasteiger partial charge in [-0.3, -0.25) is 9.48 Å². The Bertz CT molecular complexity index is 780. The molecule has 0 spiro atoms. The first-order valence-corrected chi connectivity index (χ1v) is 9.48. The van der Waals surface area contributed by atoms with Gasteiger partial charge >= 0.3 is 0 Å². The summed E-state index contributed by atoms with van der Waals surface area (Å²) in [6, 6.07) is 6.70. The van der Waals surface area contributed by atoms with Crippen LogP contribution in [0.2, 0.25) is 0 Å². The minimum Gasteiger partial charge on any atom is -0.493 e. The molecule has 0 saturated heterocycles. The van der Waals surface area contributed by atoms with E-state index in [9.17, 15) is 4.79 Å². The number of carbonyl (C=O) groups excluding carboxylic acids is 1. The van der Waals surface area contributed by atoms with E-state index in [0.29, 0.717) is 12.0 Å². The van der Waals surface area contributed by atoms with Crippen molar-refractivity contribution in [1.82, 2.24) is 9.78 Å². The standard InChI is InChI=1S/C21H26N2O2/c1-15(24)2-3-16-6-9-19(10-7-16)23-13-18-8-11-20(12-21(18)22-23)25-14-17-4-5-17/h2-3,8,11-13,16-17,19H,4-7,9-10,14H2,1H3. The molecule has 2 saturated carbocycles. The van der Waals surface area contributed by atoms with E-state index < -0.39 is 0 Å². The molecule has 4 nitrogen and oxygen atoms in total. The van der Waals surface area contributed by atoms with Gasteiger partial charge in [-0.25, -0.2) is 0 Å². The van der Waals surface area contributed by atoms with Crippen LogP contribution in [0, 0.1) is 11.8 Å². The highest BCUT2D eigenvalue weighted by molar-refractivity contribution is 5.87. The lowest BCUT2D eigenvalue weighted by Crippen LogP contribution is -2.17. The predicted molar refractivity (Wildman–Crippen MR) is 98.8 cm³/mol. The summed E-state index contributed by atoms with van der Waals surface area (Å²) in [4.78, 5) is 11.1. The Labute approximate surface area is 148 Å². The number of hydrogen-bond donors (Lipinski definition) is 0. The molecule has 1 aromatic carbocycles. The lowest BCUT2D eigenvalue weighted by molar-refractivity contribution is -0.112. The minimum absolute atomic E-state index is 0.139. The van der Waals surface area contributed by atoms with Crippen molar-refractivity contribution < 1.29 is 9.53 Å². The van der Waals surface area contributed by atoms with Gasteiger partial charge < -0.3 is 4.74 Å². The van der Waals surface area contributed by atoms with Crippen molar-refractivity contribution in [2.75, 3.05) is 6.61 Å². The summed E-state index contributed by atoms with van der Waals surface area (Å²) in [5, 5.41) is 5.98. The molecule has 0 aliphatic heterocycles. The average molecular weight is 338 g/mol. The largest absolute Gasteiger partial charge is 0.493 e. The van der Waals surface area contributed by atoms with Crippen molar-refractivity contribution in [2.24, 2.45) is 11.8 Å². The molecule has 0 bridgehead atoms. The van der Waals surface area contributed by atoms with Gasteiger partial charge in [-0.1, -0.05) is 6.08 Å². The first kappa shape index (κ1) is 16.4. The molecule has 2 aliphatic rings. The Hall–Kier alpha value is -2.10. The zero-order valence-corrected chi connectivity index (χ0v) is 14.9. The summed E-state index contributed by atoms with van der Waals surface area (Å²) in [6.07, 6.45) is 13.1. The third-order valence-corrected chi connectivity index (χ3v) is 5.40. The number of rotatable bonds is 6. The molecule has 0 radical (unpaired) electrons. The maximum Gasteiger partial charge on any atom is 0.152 e. The van der Waals surface area contributed by atoms with E-state index in [-0.39, 0.29) is 5.78 Å². The van der Waals surface area contributed by atoms with Crippen molar-refractivity contribution >= 4 is 16.7 Å². The molecule has 0 N–H and O–H groups in total. The van der Waals surface area contributed by atoms with E-state index in [4.69, 9.17) is 9.84 Å². The van der Waals surface area contributed by atoms with E-state index in [0.717, 1.165) is 49.5 Å². The van der Waals surface area contributed by atoms with Crippen LogP contribution >= 0.6 is 0 Å². The Morgan fingerprint density at radius 1 is 1.24 bits per heavy atom. The molecular formula is C21H26N2O2. The molecule has 0 amide bonds. The van der Waals surface area contributed by atoms with Crippen molar-refractivity contribution in [3.8, 4) is 5.75 Å². The topological polar surface area (TPSA) is 44.1 Å². The van der Waals surface area contributed by atoms with E-state index in [2.05, 4.69) is 35.2 Å². The van der Waals surface area contributed by atoms with Gasteiger partial charge in [0.1, 0.15) is 5.75 Å². The molecular weight excluding hydrogens is 312 g/mol. The van der Waals surface area contributed by atoms with Gasteiger partial charge in [0.15, 0.2) is 5.78 Å². The maximum absolute atomic E-state index is 11.1. The third-order valence-electron chi connectivity index (χ3n) is 5.40. The molecule has 132 valence electrons. The zero-order valence-electron chi connectivity index (χ0n) is 14.9. The number of fused-ring (bicyclic) bond motifs is 1. The minimum atomic E-state index is 0.139. The number of nitrogens with zero attached hydrogens (tertiary/aromatic N) is 2. The number of aromatic nitrogens is 2. The van der Waals surface area contributed by atoms with Crippen LogP contribution in [-0.4, -0.2) is 22.2 Å². The van der Waals surface area contributed by atoms with Crippen LogP contribution in [0.1, 0.15) is 51.5 Å². The predicted octanol–water partition coefficient (Wildman–Crippen LogP) is 4.70. The van der Waals surface area contributed by atoms with E-state index in [1.807, 2.05) is 0 Å². The molecule has 2 fully saturated rings. The second kappa shape index (κ2) is 7.03. The number of allylic oxidation sites excluding steroid dienone is 2. The highest BCUT2D eigenvalue weighted by atomic mass is 16.5. The monoisotopic (exact) mass is 338 g/mol. The van der Waals surface area contributed by atoms with Crippen molar-refractivity contribution in [3.63, 3.8) is 0 Å².